The lowest BCUT2D eigenvalue weighted by Crippen LogP contribution is -2.25. The highest BCUT2D eigenvalue weighted by atomic mass is 19.1. The number of rotatable bonds is 5. The van der Waals surface area contributed by atoms with Crippen LogP contribution in [-0.4, -0.2) is 21.9 Å². The predicted octanol–water partition coefficient (Wildman–Crippen LogP) is 2.64. The predicted molar refractivity (Wildman–Crippen MR) is 96.3 cm³/mol. The van der Waals surface area contributed by atoms with E-state index >= 15 is 0 Å². The molecule has 3 aromatic rings. The largest absolute Gasteiger partial charge is 0.484 e. The Morgan fingerprint density at radius 3 is 2.42 bits per heavy atom. The van der Waals surface area contributed by atoms with E-state index in [4.69, 9.17) is 4.74 Å². The van der Waals surface area contributed by atoms with Crippen molar-refractivity contribution in [1.29, 1.82) is 0 Å². The third-order valence-electron chi connectivity index (χ3n) is 4.00. The highest BCUT2D eigenvalue weighted by Crippen LogP contribution is 2.14. The van der Waals surface area contributed by atoms with Crippen LogP contribution in [0.2, 0.25) is 0 Å². The minimum absolute atomic E-state index is 0.198. The van der Waals surface area contributed by atoms with Gasteiger partial charge >= 0.3 is 0 Å². The molecule has 134 valence electrons. The fourth-order valence-corrected chi connectivity index (χ4v) is 2.57. The summed E-state index contributed by atoms with van der Waals surface area (Å²) in [5.41, 5.74) is 1.19. The van der Waals surface area contributed by atoms with Crippen molar-refractivity contribution in [3.05, 3.63) is 76.5 Å². The van der Waals surface area contributed by atoms with Crippen molar-refractivity contribution in [2.45, 2.75) is 6.92 Å². The number of benzene rings is 2. The number of hydrogen-bond acceptors (Lipinski definition) is 3. The number of halogens is 1. The Bertz CT molecular complexity index is 976. The number of carbonyl (C=O) groups excluding carboxylic acids is 1. The number of para-hydroxylation sites is 1. The molecule has 7 heteroatoms. The molecule has 0 bridgehead atoms. The Labute approximate surface area is 149 Å². The summed E-state index contributed by atoms with van der Waals surface area (Å²) in [6.45, 7) is 1.46. The maximum absolute atomic E-state index is 12.9. The van der Waals surface area contributed by atoms with Crippen LogP contribution in [0.5, 0.6) is 5.75 Å². The van der Waals surface area contributed by atoms with Crippen LogP contribution in [0.1, 0.15) is 5.69 Å². The van der Waals surface area contributed by atoms with Crippen molar-refractivity contribution in [1.82, 2.24) is 9.36 Å². The topological polar surface area (TPSA) is 65.3 Å². The molecule has 0 aliphatic heterocycles. The molecule has 2 aromatic carbocycles. The van der Waals surface area contributed by atoms with Crippen molar-refractivity contribution in [3.63, 3.8) is 0 Å². The Kier molecular flexibility index (Phi) is 4.88. The third kappa shape index (κ3) is 3.51. The van der Waals surface area contributed by atoms with E-state index < -0.39 is 5.91 Å². The molecular weight excluding hydrogens is 337 g/mol. The van der Waals surface area contributed by atoms with Crippen LogP contribution in [0.15, 0.2) is 59.4 Å². The van der Waals surface area contributed by atoms with Crippen LogP contribution < -0.4 is 15.6 Å². The van der Waals surface area contributed by atoms with Crippen LogP contribution in [0.3, 0.4) is 0 Å². The van der Waals surface area contributed by atoms with Gasteiger partial charge in [-0.05, 0) is 43.3 Å². The smallest absolute Gasteiger partial charge is 0.295 e. The van der Waals surface area contributed by atoms with Gasteiger partial charge in [0.05, 0.1) is 11.4 Å². The maximum Gasteiger partial charge on any atom is 0.295 e. The number of aromatic nitrogens is 2. The first-order chi connectivity index (χ1) is 12.5. The zero-order valence-electron chi connectivity index (χ0n) is 14.4. The zero-order valence-corrected chi connectivity index (χ0v) is 14.4. The van der Waals surface area contributed by atoms with Gasteiger partial charge in [0.25, 0.3) is 11.5 Å². The lowest BCUT2D eigenvalue weighted by molar-refractivity contribution is -0.118. The summed E-state index contributed by atoms with van der Waals surface area (Å²) in [5, 5.41) is 2.60. The van der Waals surface area contributed by atoms with Crippen LogP contribution in [0.4, 0.5) is 10.1 Å². The van der Waals surface area contributed by atoms with E-state index in [2.05, 4.69) is 5.32 Å². The normalized spacial score (nSPS) is 10.6. The summed E-state index contributed by atoms with van der Waals surface area (Å²) in [6, 6.07) is 14.5. The minimum Gasteiger partial charge on any atom is -0.484 e. The maximum atomic E-state index is 12.9. The van der Waals surface area contributed by atoms with Gasteiger partial charge in [0.1, 0.15) is 17.3 Å². The molecule has 0 atom stereocenters. The van der Waals surface area contributed by atoms with Gasteiger partial charge in [-0.2, -0.15) is 0 Å². The van der Waals surface area contributed by atoms with Gasteiger partial charge < -0.3 is 10.1 Å². The highest BCUT2D eigenvalue weighted by Gasteiger charge is 2.18. The summed E-state index contributed by atoms with van der Waals surface area (Å²) >= 11 is 0. The first-order valence-corrected chi connectivity index (χ1v) is 7.99. The van der Waals surface area contributed by atoms with Crippen LogP contribution in [0.25, 0.3) is 5.69 Å². The Balaban J connectivity index is 1.76. The standard InChI is InChI=1S/C19H18FN3O3/c1-13-18(19(25)23(22(13)2)15-6-4-3-5-7-15)21-17(24)12-26-16-10-8-14(20)9-11-16/h3-11H,12H2,1-2H3,(H,21,24). The molecule has 0 saturated heterocycles. The molecule has 1 heterocycles. The summed E-state index contributed by atoms with van der Waals surface area (Å²) in [5.74, 6) is -0.489. The van der Waals surface area contributed by atoms with Crippen LogP contribution in [0, 0.1) is 12.7 Å². The summed E-state index contributed by atoms with van der Waals surface area (Å²) in [4.78, 5) is 24.8. The number of ether oxygens (including phenoxy) is 1. The van der Waals surface area contributed by atoms with E-state index in [0.717, 1.165) is 0 Å². The average molecular weight is 355 g/mol. The van der Waals surface area contributed by atoms with Crippen molar-refractivity contribution in [3.8, 4) is 11.4 Å². The molecule has 3 rings (SSSR count). The zero-order chi connectivity index (χ0) is 18.7. The molecule has 0 unspecified atom stereocenters. The van der Waals surface area contributed by atoms with Crippen molar-refractivity contribution >= 4 is 11.6 Å². The SMILES string of the molecule is Cc1c(NC(=O)COc2ccc(F)cc2)c(=O)n(-c2ccccc2)n1C. The number of nitrogens with zero attached hydrogens (tertiary/aromatic N) is 2. The number of carbonyl (C=O) groups is 1. The van der Waals surface area contributed by atoms with Crippen molar-refractivity contribution in [2.24, 2.45) is 7.05 Å². The molecule has 1 aromatic heterocycles. The molecule has 0 spiro atoms. The molecule has 26 heavy (non-hydrogen) atoms. The van der Waals surface area contributed by atoms with Crippen LogP contribution in [-0.2, 0) is 11.8 Å². The minimum atomic E-state index is -0.472. The molecule has 1 N–H and O–H groups in total. The summed E-state index contributed by atoms with van der Waals surface area (Å²) in [6.07, 6.45) is 0. The van der Waals surface area contributed by atoms with Crippen LogP contribution >= 0.6 is 0 Å². The summed E-state index contributed by atoms with van der Waals surface area (Å²) < 4.78 is 21.3. The van der Waals surface area contributed by atoms with E-state index in [1.165, 1.54) is 28.9 Å². The lowest BCUT2D eigenvalue weighted by atomic mass is 10.3. The third-order valence-corrected chi connectivity index (χ3v) is 4.00. The molecular formula is C19H18FN3O3. The average Bonchev–Trinajstić information content (AvgIpc) is 2.85. The number of anilines is 1. The molecule has 0 saturated carbocycles. The van der Waals surface area contributed by atoms with Gasteiger partial charge in [0.2, 0.25) is 0 Å². The molecule has 0 aliphatic rings. The van der Waals surface area contributed by atoms with Crippen molar-refractivity contribution < 1.29 is 13.9 Å². The van der Waals surface area contributed by atoms with Gasteiger partial charge in [-0.1, -0.05) is 18.2 Å². The Morgan fingerprint density at radius 1 is 1.12 bits per heavy atom. The highest BCUT2D eigenvalue weighted by molar-refractivity contribution is 5.92. The van der Waals surface area contributed by atoms with E-state index in [-0.39, 0.29) is 23.7 Å². The molecule has 0 radical (unpaired) electrons. The van der Waals surface area contributed by atoms with Gasteiger partial charge in [0, 0.05) is 7.05 Å². The second-order valence-corrected chi connectivity index (χ2v) is 5.73. The lowest BCUT2D eigenvalue weighted by Gasteiger charge is -2.07. The number of amides is 1. The Hall–Kier alpha value is -3.35. The van der Waals surface area contributed by atoms with Crippen molar-refractivity contribution in [2.75, 3.05) is 11.9 Å². The molecule has 0 fully saturated rings. The molecule has 1 amide bonds. The van der Waals surface area contributed by atoms with Gasteiger partial charge in [-0.3, -0.25) is 14.3 Å². The van der Waals surface area contributed by atoms with Gasteiger partial charge in [-0.25, -0.2) is 9.07 Å². The Morgan fingerprint density at radius 2 is 1.77 bits per heavy atom. The molecule has 6 nitrogen and oxygen atoms in total. The molecule has 0 aliphatic carbocycles. The fourth-order valence-electron chi connectivity index (χ4n) is 2.57. The second kappa shape index (κ2) is 7.26. The number of hydrogen-bond donors (Lipinski definition) is 1. The second-order valence-electron chi connectivity index (χ2n) is 5.73. The fraction of sp³-hybridized carbons (Fsp3) is 0.158. The monoisotopic (exact) mass is 355 g/mol. The van der Waals surface area contributed by atoms with E-state index in [0.29, 0.717) is 17.1 Å². The van der Waals surface area contributed by atoms with Gasteiger partial charge in [-0.15, -0.1) is 0 Å². The summed E-state index contributed by atoms with van der Waals surface area (Å²) in [7, 11) is 1.74. The van der Waals surface area contributed by atoms with E-state index in [1.807, 2.05) is 30.3 Å². The first-order valence-electron chi connectivity index (χ1n) is 7.99. The number of nitrogens with one attached hydrogen (secondary N) is 1. The first kappa shape index (κ1) is 17.5. The van der Waals surface area contributed by atoms with E-state index in [9.17, 15) is 14.0 Å². The quantitative estimate of drug-likeness (QED) is 0.765. The van der Waals surface area contributed by atoms with E-state index in [1.54, 1.807) is 18.7 Å². The van der Waals surface area contributed by atoms with Gasteiger partial charge in [0.15, 0.2) is 6.61 Å².